The molecule has 1 aromatic heterocycles. The number of halogens is 1. The molecule has 0 aliphatic rings. The van der Waals surface area contributed by atoms with Gasteiger partial charge in [-0.2, -0.15) is 5.10 Å². The number of hydrogen-bond acceptors (Lipinski definition) is 1. The van der Waals surface area contributed by atoms with Gasteiger partial charge in [0.25, 0.3) is 0 Å². The number of hydrogen-bond donors (Lipinski definition) is 0. The third kappa shape index (κ3) is 1.61. The summed E-state index contributed by atoms with van der Waals surface area (Å²) in [5.41, 5.74) is 3.12. The average Bonchev–Trinajstić information content (AvgIpc) is 2.63. The Hall–Kier alpha value is -1.80. The molecule has 0 N–H and O–H groups in total. The monoisotopic (exact) mass is 256 g/mol. The van der Waals surface area contributed by atoms with Crippen molar-refractivity contribution in [3.8, 4) is 11.1 Å². The molecule has 0 bridgehead atoms. The zero-order valence-corrected chi connectivity index (χ0v) is 11.1. The van der Waals surface area contributed by atoms with Gasteiger partial charge in [-0.3, -0.25) is 4.68 Å². The average molecular weight is 257 g/mol. The lowest BCUT2D eigenvalue weighted by atomic mass is 9.99. The Balaban J connectivity index is 2.38. The molecule has 0 unspecified atom stereocenters. The molecule has 3 rings (SSSR count). The van der Waals surface area contributed by atoms with Crippen molar-refractivity contribution in [1.82, 2.24) is 9.78 Å². The summed E-state index contributed by atoms with van der Waals surface area (Å²) in [6.07, 6.45) is 0. The highest BCUT2D eigenvalue weighted by Gasteiger charge is 2.15. The SMILES string of the molecule is Cc1nn(C)c(Cl)c1-c1cccc2ccccc12. The van der Waals surface area contributed by atoms with Gasteiger partial charge in [-0.15, -0.1) is 0 Å². The van der Waals surface area contributed by atoms with Crippen LogP contribution in [0.15, 0.2) is 42.5 Å². The second-order valence-electron chi connectivity index (χ2n) is 4.40. The van der Waals surface area contributed by atoms with Crippen molar-refractivity contribution >= 4 is 22.4 Å². The maximum absolute atomic E-state index is 6.35. The molecule has 0 saturated heterocycles. The second-order valence-corrected chi connectivity index (χ2v) is 4.76. The number of fused-ring (bicyclic) bond motifs is 1. The van der Waals surface area contributed by atoms with E-state index < -0.39 is 0 Å². The largest absolute Gasteiger partial charge is 0.256 e. The van der Waals surface area contributed by atoms with Crippen molar-refractivity contribution in [3.05, 3.63) is 53.3 Å². The Morgan fingerprint density at radius 3 is 2.50 bits per heavy atom. The van der Waals surface area contributed by atoms with Gasteiger partial charge >= 0.3 is 0 Å². The summed E-state index contributed by atoms with van der Waals surface area (Å²) in [5, 5.41) is 7.49. The number of nitrogens with zero attached hydrogens (tertiary/aromatic N) is 2. The molecule has 0 radical (unpaired) electrons. The molecule has 0 aliphatic carbocycles. The van der Waals surface area contributed by atoms with Gasteiger partial charge < -0.3 is 0 Å². The minimum atomic E-state index is 0.684. The third-order valence-electron chi connectivity index (χ3n) is 3.21. The highest BCUT2D eigenvalue weighted by Crippen LogP contribution is 2.35. The van der Waals surface area contributed by atoms with E-state index in [9.17, 15) is 0 Å². The van der Waals surface area contributed by atoms with E-state index in [4.69, 9.17) is 11.6 Å². The van der Waals surface area contributed by atoms with Gasteiger partial charge in [-0.1, -0.05) is 54.1 Å². The molecule has 1 heterocycles. The standard InChI is InChI=1S/C15H13ClN2/c1-10-14(15(16)18(2)17-10)13-9-5-7-11-6-3-4-8-12(11)13/h3-9H,1-2H3. The van der Waals surface area contributed by atoms with Crippen LogP contribution in [-0.2, 0) is 7.05 Å². The van der Waals surface area contributed by atoms with Crippen LogP contribution in [0.5, 0.6) is 0 Å². The first kappa shape index (κ1) is 11.3. The van der Waals surface area contributed by atoms with Crippen LogP contribution in [0.1, 0.15) is 5.69 Å². The van der Waals surface area contributed by atoms with E-state index in [0.717, 1.165) is 16.8 Å². The summed E-state index contributed by atoms with van der Waals surface area (Å²) >= 11 is 6.35. The van der Waals surface area contributed by atoms with Crippen LogP contribution >= 0.6 is 11.6 Å². The normalized spacial score (nSPS) is 11.1. The van der Waals surface area contributed by atoms with Gasteiger partial charge in [-0.25, -0.2) is 0 Å². The second kappa shape index (κ2) is 4.14. The molecular formula is C15H13ClN2. The summed E-state index contributed by atoms with van der Waals surface area (Å²) in [7, 11) is 1.87. The van der Waals surface area contributed by atoms with Crippen LogP contribution < -0.4 is 0 Å². The number of aromatic nitrogens is 2. The molecule has 3 aromatic rings. The summed E-state index contributed by atoms with van der Waals surface area (Å²) in [6.45, 7) is 1.99. The predicted molar refractivity (Wildman–Crippen MR) is 75.9 cm³/mol. The summed E-state index contributed by atoms with van der Waals surface area (Å²) in [4.78, 5) is 0. The first-order valence-corrected chi connectivity index (χ1v) is 6.23. The summed E-state index contributed by atoms with van der Waals surface area (Å²) < 4.78 is 1.72. The Labute approximate surface area is 111 Å². The van der Waals surface area contributed by atoms with Crippen LogP contribution in [0.25, 0.3) is 21.9 Å². The first-order chi connectivity index (χ1) is 8.68. The molecule has 0 saturated carbocycles. The number of aryl methyl sites for hydroxylation is 2. The van der Waals surface area contributed by atoms with Crippen LogP contribution in [0.3, 0.4) is 0 Å². The quantitative estimate of drug-likeness (QED) is 0.638. The lowest BCUT2D eigenvalue weighted by molar-refractivity contribution is 0.757. The maximum Gasteiger partial charge on any atom is 0.134 e. The van der Waals surface area contributed by atoms with Crippen LogP contribution in [0, 0.1) is 6.92 Å². The molecule has 0 aliphatic heterocycles. The molecule has 0 fully saturated rings. The highest BCUT2D eigenvalue weighted by atomic mass is 35.5. The summed E-state index contributed by atoms with van der Waals surface area (Å²) in [6, 6.07) is 14.6. The Morgan fingerprint density at radius 2 is 1.78 bits per heavy atom. The molecule has 3 heteroatoms. The van der Waals surface area contributed by atoms with E-state index in [1.165, 1.54) is 10.8 Å². The minimum Gasteiger partial charge on any atom is -0.256 e. The topological polar surface area (TPSA) is 17.8 Å². The van der Waals surface area contributed by atoms with E-state index in [-0.39, 0.29) is 0 Å². The van der Waals surface area contributed by atoms with Crippen molar-refractivity contribution in [3.63, 3.8) is 0 Å². The Bertz CT molecular complexity index is 723. The minimum absolute atomic E-state index is 0.684. The molecule has 0 amide bonds. The van der Waals surface area contributed by atoms with E-state index in [1.54, 1.807) is 4.68 Å². The third-order valence-corrected chi connectivity index (χ3v) is 3.64. The van der Waals surface area contributed by atoms with E-state index in [0.29, 0.717) is 5.15 Å². The van der Waals surface area contributed by atoms with Crippen LogP contribution in [0.4, 0.5) is 0 Å². The van der Waals surface area contributed by atoms with Crippen molar-refractivity contribution in [2.75, 3.05) is 0 Å². The van der Waals surface area contributed by atoms with E-state index in [1.807, 2.05) is 26.1 Å². The molecule has 0 atom stereocenters. The Morgan fingerprint density at radius 1 is 1.06 bits per heavy atom. The highest BCUT2D eigenvalue weighted by molar-refractivity contribution is 6.33. The Kier molecular flexibility index (Phi) is 2.60. The number of rotatable bonds is 1. The molecular weight excluding hydrogens is 244 g/mol. The van der Waals surface area contributed by atoms with Crippen LogP contribution in [0.2, 0.25) is 5.15 Å². The van der Waals surface area contributed by atoms with Gasteiger partial charge in [0.2, 0.25) is 0 Å². The maximum atomic E-state index is 6.35. The zero-order chi connectivity index (χ0) is 12.7. The molecule has 90 valence electrons. The van der Waals surface area contributed by atoms with Gasteiger partial charge in [-0.05, 0) is 23.3 Å². The fourth-order valence-electron chi connectivity index (χ4n) is 2.38. The molecule has 0 spiro atoms. The molecule has 2 nitrogen and oxygen atoms in total. The lowest BCUT2D eigenvalue weighted by Crippen LogP contribution is -1.89. The summed E-state index contributed by atoms with van der Waals surface area (Å²) in [5.74, 6) is 0. The van der Waals surface area contributed by atoms with E-state index in [2.05, 4.69) is 35.4 Å². The van der Waals surface area contributed by atoms with Gasteiger partial charge in [0, 0.05) is 12.6 Å². The van der Waals surface area contributed by atoms with Gasteiger partial charge in [0.15, 0.2) is 0 Å². The number of benzene rings is 2. The fraction of sp³-hybridized carbons (Fsp3) is 0.133. The zero-order valence-electron chi connectivity index (χ0n) is 10.3. The lowest BCUT2D eigenvalue weighted by Gasteiger charge is -2.06. The van der Waals surface area contributed by atoms with Crippen molar-refractivity contribution < 1.29 is 0 Å². The van der Waals surface area contributed by atoms with Crippen LogP contribution in [-0.4, -0.2) is 9.78 Å². The van der Waals surface area contributed by atoms with Crippen molar-refractivity contribution in [2.24, 2.45) is 7.05 Å². The van der Waals surface area contributed by atoms with Crippen molar-refractivity contribution in [2.45, 2.75) is 6.92 Å². The molecule has 2 aromatic carbocycles. The first-order valence-electron chi connectivity index (χ1n) is 5.85. The fourth-order valence-corrected chi connectivity index (χ4v) is 2.66. The van der Waals surface area contributed by atoms with Crippen molar-refractivity contribution in [1.29, 1.82) is 0 Å². The predicted octanol–water partition coefficient (Wildman–Crippen LogP) is 4.20. The van der Waals surface area contributed by atoms with E-state index >= 15 is 0 Å². The smallest absolute Gasteiger partial charge is 0.134 e. The molecule has 18 heavy (non-hydrogen) atoms. The van der Waals surface area contributed by atoms with Gasteiger partial charge in [0.05, 0.1) is 5.69 Å². The van der Waals surface area contributed by atoms with Gasteiger partial charge in [0.1, 0.15) is 5.15 Å².